The molecule has 2 bridgehead atoms. The zero-order valence-electron chi connectivity index (χ0n) is 18.0. The van der Waals surface area contributed by atoms with Crippen LogP contribution in [0.1, 0.15) is 33.6 Å². The van der Waals surface area contributed by atoms with E-state index >= 15 is 0 Å². The maximum Gasteiger partial charge on any atom is 0.121 e. The molecule has 5 heteroatoms. The third-order valence-corrected chi connectivity index (χ3v) is 8.97. The van der Waals surface area contributed by atoms with Crippen molar-refractivity contribution in [2.24, 2.45) is 16.7 Å². The highest BCUT2D eigenvalue weighted by molar-refractivity contribution is 6.33. The van der Waals surface area contributed by atoms with Gasteiger partial charge in [0.15, 0.2) is 0 Å². The maximum atomic E-state index is 11.1. The van der Waals surface area contributed by atoms with Gasteiger partial charge in [0, 0.05) is 43.2 Å². The highest BCUT2D eigenvalue weighted by Crippen LogP contribution is 2.56. The Bertz CT molecular complexity index is 1060. The topological polar surface area (TPSA) is 29.6 Å². The summed E-state index contributed by atoms with van der Waals surface area (Å²) in [5.74, 6) is 0.760. The summed E-state index contributed by atoms with van der Waals surface area (Å²) in [5.41, 5.74) is 2.98. The first-order valence-electron chi connectivity index (χ1n) is 11.1. The summed E-state index contributed by atoms with van der Waals surface area (Å²) in [6, 6.07) is 11.9. The Morgan fingerprint density at radius 1 is 1.07 bits per heavy atom. The molecule has 1 aromatic heterocycles. The van der Waals surface area contributed by atoms with Crippen molar-refractivity contribution >= 4 is 45.0 Å². The molecule has 160 valence electrons. The van der Waals surface area contributed by atoms with Crippen molar-refractivity contribution in [3.63, 3.8) is 0 Å². The smallest absolute Gasteiger partial charge is 0.121 e. The lowest BCUT2D eigenvalue weighted by Crippen LogP contribution is -3.16. The largest absolute Gasteiger partial charge is 0.385 e. The molecule has 5 rings (SSSR count). The Hall–Kier alpha value is -1.26. The fourth-order valence-corrected chi connectivity index (χ4v) is 6.67. The molecule has 3 aromatic rings. The number of likely N-dealkylation sites (tertiary alicyclic amines) is 1. The van der Waals surface area contributed by atoms with Gasteiger partial charge >= 0.3 is 0 Å². The standard InChI is InChI=1S/C25H30Cl2N2O/c1-24(2)16-8-9-25(24,3)15-28(12-16)13-19(30)14-29-22-6-4-17(26)10-20(22)21-11-18(27)5-7-23(21)29/h4-7,10-11,16,19,30H,8-9,12-15H2,1-3H3/p+1/t16-,19+,25-/m1/s1. The van der Waals surface area contributed by atoms with E-state index in [1.807, 2.05) is 24.3 Å². The van der Waals surface area contributed by atoms with Crippen molar-refractivity contribution in [3.8, 4) is 0 Å². The fraction of sp³-hybridized carbons (Fsp3) is 0.520. The van der Waals surface area contributed by atoms with Crippen molar-refractivity contribution in [2.75, 3.05) is 19.6 Å². The van der Waals surface area contributed by atoms with Gasteiger partial charge in [-0.2, -0.15) is 0 Å². The quantitative estimate of drug-likeness (QED) is 0.592. The third-order valence-electron chi connectivity index (χ3n) is 8.50. The van der Waals surface area contributed by atoms with Gasteiger partial charge in [0.25, 0.3) is 0 Å². The van der Waals surface area contributed by atoms with Crippen LogP contribution < -0.4 is 4.90 Å². The van der Waals surface area contributed by atoms with Crippen LogP contribution in [0.2, 0.25) is 10.0 Å². The van der Waals surface area contributed by atoms with E-state index in [-0.39, 0.29) is 0 Å². The van der Waals surface area contributed by atoms with Crippen molar-refractivity contribution in [2.45, 2.75) is 46.3 Å². The Kier molecular flexibility index (Phi) is 4.90. The van der Waals surface area contributed by atoms with Crippen LogP contribution in [0.4, 0.5) is 0 Å². The summed E-state index contributed by atoms with van der Waals surface area (Å²) >= 11 is 12.6. The van der Waals surface area contributed by atoms with E-state index in [2.05, 4.69) is 37.5 Å². The van der Waals surface area contributed by atoms with Crippen molar-refractivity contribution in [1.82, 2.24) is 4.57 Å². The number of nitrogens with one attached hydrogen (secondary N) is 1. The van der Waals surface area contributed by atoms with E-state index in [1.165, 1.54) is 19.4 Å². The first-order valence-corrected chi connectivity index (χ1v) is 11.8. The zero-order valence-corrected chi connectivity index (χ0v) is 19.5. The van der Waals surface area contributed by atoms with Gasteiger partial charge in [-0.25, -0.2) is 0 Å². The molecule has 4 atom stereocenters. The van der Waals surface area contributed by atoms with Gasteiger partial charge in [-0.05, 0) is 54.7 Å². The van der Waals surface area contributed by atoms with Crippen LogP contribution in [0, 0.1) is 16.7 Å². The molecule has 2 heterocycles. The normalized spacial score (nSPS) is 29.0. The lowest BCUT2D eigenvalue weighted by atomic mass is 9.63. The van der Waals surface area contributed by atoms with Crippen molar-refractivity contribution in [1.29, 1.82) is 0 Å². The molecule has 1 unspecified atom stereocenters. The molecule has 1 aliphatic heterocycles. The third kappa shape index (κ3) is 3.17. The number of aliphatic hydroxyl groups is 1. The summed E-state index contributed by atoms with van der Waals surface area (Å²) < 4.78 is 2.23. The van der Waals surface area contributed by atoms with Gasteiger partial charge in [0.2, 0.25) is 0 Å². The highest BCUT2D eigenvalue weighted by atomic mass is 35.5. The molecular weight excluding hydrogens is 415 g/mol. The van der Waals surface area contributed by atoms with E-state index in [0.29, 0.717) is 27.4 Å². The predicted octanol–water partition coefficient (Wildman–Crippen LogP) is 4.80. The Balaban J connectivity index is 1.42. The number of rotatable bonds is 4. The van der Waals surface area contributed by atoms with Crippen LogP contribution in [-0.4, -0.2) is 35.4 Å². The van der Waals surface area contributed by atoms with Crippen LogP contribution in [0.5, 0.6) is 0 Å². The first-order chi connectivity index (χ1) is 14.2. The maximum absolute atomic E-state index is 11.1. The lowest BCUT2D eigenvalue weighted by Gasteiger charge is -2.48. The van der Waals surface area contributed by atoms with Crippen LogP contribution in [0.15, 0.2) is 36.4 Å². The Morgan fingerprint density at radius 3 is 2.23 bits per heavy atom. The molecule has 3 nitrogen and oxygen atoms in total. The SMILES string of the molecule is CC1(C)[C@@H]2CC[C@]1(C)C[NH+](C[C@H](O)Cn1c3ccc(Cl)cc3c3cc(Cl)ccc31)C2. The number of aromatic nitrogens is 1. The van der Waals surface area contributed by atoms with Crippen LogP contribution in [0.3, 0.4) is 0 Å². The summed E-state index contributed by atoms with van der Waals surface area (Å²) in [4.78, 5) is 1.55. The number of hydrogen-bond donors (Lipinski definition) is 2. The number of halogens is 2. The van der Waals surface area contributed by atoms with E-state index in [4.69, 9.17) is 23.2 Å². The van der Waals surface area contributed by atoms with Crippen molar-refractivity contribution in [3.05, 3.63) is 46.4 Å². The van der Waals surface area contributed by atoms with Crippen LogP contribution >= 0.6 is 23.2 Å². The second-order valence-corrected chi connectivity index (χ2v) is 11.3. The average Bonchev–Trinajstić information content (AvgIpc) is 2.97. The summed E-state index contributed by atoms with van der Waals surface area (Å²) in [6.07, 6.45) is 2.25. The van der Waals surface area contributed by atoms with Crippen LogP contribution in [-0.2, 0) is 6.54 Å². The number of nitrogens with zero attached hydrogens (tertiary/aromatic N) is 1. The molecule has 0 spiro atoms. The highest BCUT2D eigenvalue weighted by Gasteiger charge is 2.57. The summed E-state index contributed by atoms with van der Waals surface area (Å²) in [7, 11) is 0. The predicted molar refractivity (Wildman–Crippen MR) is 126 cm³/mol. The molecule has 1 saturated heterocycles. The molecular formula is C25H31Cl2N2O+. The van der Waals surface area contributed by atoms with E-state index < -0.39 is 6.10 Å². The second-order valence-electron chi connectivity index (χ2n) is 10.4. The minimum Gasteiger partial charge on any atom is -0.385 e. The number of quaternary nitrogens is 1. The molecule has 2 fully saturated rings. The molecule has 1 saturated carbocycles. The molecule has 2 aromatic carbocycles. The van der Waals surface area contributed by atoms with Gasteiger partial charge in [-0.15, -0.1) is 0 Å². The minimum absolute atomic E-state index is 0.380. The minimum atomic E-state index is -0.394. The zero-order chi connectivity index (χ0) is 21.3. The monoisotopic (exact) mass is 445 g/mol. The number of piperidine rings is 1. The number of fused-ring (bicyclic) bond motifs is 5. The number of benzene rings is 2. The van der Waals surface area contributed by atoms with Gasteiger partial charge in [0.05, 0.1) is 19.6 Å². The van der Waals surface area contributed by atoms with Crippen LogP contribution in [0.25, 0.3) is 21.8 Å². The second kappa shape index (κ2) is 7.13. The van der Waals surface area contributed by atoms with Gasteiger partial charge in [-0.3, -0.25) is 0 Å². The molecule has 30 heavy (non-hydrogen) atoms. The molecule has 2 N–H and O–H groups in total. The molecule has 0 radical (unpaired) electrons. The number of aliphatic hydroxyl groups excluding tert-OH is 1. The molecule has 0 amide bonds. The lowest BCUT2D eigenvalue weighted by molar-refractivity contribution is -0.921. The Labute approximate surface area is 188 Å². The van der Waals surface area contributed by atoms with Gasteiger partial charge < -0.3 is 14.6 Å². The average molecular weight is 446 g/mol. The van der Waals surface area contributed by atoms with Crippen molar-refractivity contribution < 1.29 is 10.0 Å². The van der Waals surface area contributed by atoms with Gasteiger partial charge in [0.1, 0.15) is 12.6 Å². The summed E-state index contributed by atoms with van der Waals surface area (Å²) in [5, 5.41) is 14.7. The first kappa shape index (κ1) is 20.6. The Morgan fingerprint density at radius 2 is 1.67 bits per heavy atom. The van der Waals surface area contributed by atoms with E-state index in [9.17, 15) is 5.11 Å². The number of hydrogen-bond acceptors (Lipinski definition) is 1. The fourth-order valence-electron chi connectivity index (χ4n) is 6.32. The molecule has 1 aliphatic carbocycles. The van der Waals surface area contributed by atoms with E-state index in [1.54, 1.807) is 4.90 Å². The van der Waals surface area contributed by atoms with Gasteiger partial charge in [-0.1, -0.05) is 44.0 Å². The molecule has 2 aliphatic rings. The summed E-state index contributed by atoms with van der Waals surface area (Å²) in [6.45, 7) is 11.1. The van der Waals surface area contributed by atoms with E-state index in [0.717, 1.165) is 40.8 Å².